The van der Waals surface area contributed by atoms with Crippen molar-refractivity contribution in [3.05, 3.63) is 27.1 Å². The molecule has 84 valence electrons. The van der Waals surface area contributed by atoms with Crippen LogP contribution in [-0.2, 0) is 9.53 Å². The van der Waals surface area contributed by atoms with Gasteiger partial charge >= 0.3 is 5.97 Å². The summed E-state index contributed by atoms with van der Waals surface area (Å²) in [6.45, 7) is -0.481. The molecule has 16 heavy (non-hydrogen) atoms. The van der Waals surface area contributed by atoms with E-state index in [1.54, 1.807) is 24.3 Å². The second-order valence-corrected chi connectivity index (χ2v) is 4.45. The van der Waals surface area contributed by atoms with Crippen molar-refractivity contribution in [2.75, 3.05) is 13.2 Å². The standard InChI is InChI=1S/C10H7Br2NO3/c11-7-1-2-9(8(12)5-7)16-6-10(14)15-4-3-13/h1-2,5H,4,6H2. The Kier molecular flexibility index (Phi) is 5.29. The highest BCUT2D eigenvalue weighted by atomic mass is 79.9. The number of nitrogens with zero attached hydrogens (tertiary/aromatic N) is 1. The highest BCUT2D eigenvalue weighted by molar-refractivity contribution is 9.11. The molecule has 6 heteroatoms. The van der Waals surface area contributed by atoms with Gasteiger partial charge in [0, 0.05) is 4.47 Å². The highest BCUT2D eigenvalue weighted by Crippen LogP contribution is 2.28. The molecule has 0 amide bonds. The fourth-order valence-electron chi connectivity index (χ4n) is 0.883. The van der Waals surface area contributed by atoms with Crippen LogP contribution < -0.4 is 4.74 Å². The first-order valence-corrected chi connectivity index (χ1v) is 5.82. The second kappa shape index (κ2) is 6.51. The number of rotatable bonds is 4. The minimum absolute atomic E-state index is 0.220. The lowest BCUT2D eigenvalue weighted by molar-refractivity contribution is -0.144. The lowest BCUT2D eigenvalue weighted by atomic mass is 10.3. The molecular formula is C10H7Br2NO3. The van der Waals surface area contributed by atoms with Crippen LogP contribution >= 0.6 is 31.9 Å². The van der Waals surface area contributed by atoms with Crippen molar-refractivity contribution in [3.8, 4) is 11.8 Å². The Hall–Kier alpha value is -1.06. The van der Waals surface area contributed by atoms with Crippen LogP contribution in [0.5, 0.6) is 5.75 Å². The van der Waals surface area contributed by atoms with Crippen molar-refractivity contribution < 1.29 is 14.3 Å². The maximum Gasteiger partial charge on any atom is 0.345 e. The molecule has 1 aromatic rings. The number of benzene rings is 1. The van der Waals surface area contributed by atoms with Crippen LogP contribution in [0.4, 0.5) is 0 Å². The van der Waals surface area contributed by atoms with Crippen molar-refractivity contribution in [1.29, 1.82) is 5.26 Å². The average molecular weight is 349 g/mol. The first-order chi connectivity index (χ1) is 7.63. The predicted molar refractivity (Wildman–Crippen MR) is 63.9 cm³/mol. The van der Waals surface area contributed by atoms with E-state index in [4.69, 9.17) is 10.00 Å². The van der Waals surface area contributed by atoms with E-state index in [-0.39, 0.29) is 13.2 Å². The van der Waals surface area contributed by atoms with Crippen molar-refractivity contribution in [1.82, 2.24) is 0 Å². The molecule has 0 spiro atoms. The fourth-order valence-corrected chi connectivity index (χ4v) is 2.04. The lowest BCUT2D eigenvalue weighted by Gasteiger charge is -2.07. The third kappa shape index (κ3) is 4.21. The van der Waals surface area contributed by atoms with Gasteiger partial charge in [0.25, 0.3) is 0 Å². The van der Waals surface area contributed by atoms with Crippen LogP contribution in [0.1, 0.15) is 0 Å². The van der Waals surface area contributed by atoms with E-state index >= 15 is 0 Å². The number of halogens is 2. The smallest absolute Gasteiger partial charge is 0.345 e. The second-order valence-electron chi connectivity index (χ2n) is 2.68. The van der Waals surface area contributed by atoms with Gasteiger partial charge in [-0.2, -0.15) is 5.26 Å². The maximum atomic E-state index is 11.0. The zero-order valence-corrected chi connectivity index (χ0v) is 11.2. The largest absolute Gasteiger partial charge is 0.481 e. The Labute approximate surface area is 109 Å². The van der Waals surface area contributed by atoms with Crippen LogP contribution in [-0.4, -0.2) is 19.2 Å². The van der Waals surface area contributed by atoms with Gasteiger partial charge in [-0.25, -0.2) is 4.79 Å². The van der Waals surface area contributed by atoms with Crippen LogP contribution in [0.15, 0.2) is 27.1 Å². The van der Waals surface area contributed by atoms with Gasteiger partial charge in [0.05, 0.1) is 4.47 Å². The first kappa shape index (κ1) is 13.0. The van der Waals surface area contributed by atoms with E-state index in [1.807, 2.05) is 0 Å². The topological polar surface area (TPSA) is 59.3 Å². The van der Waals surface area contributed by atoms with Crippen molar-refractivity contribution in [3.63, 3.8) is 0 Å². The van der Waals surface area contributed by atoms with Crippen LogP contribution in [0, 0.1) is 11.3 Å². The summed E-state index contributed by atoms with van der Waals surface area (Å²) in [4.78, 5) is 11.0. The third-order valence-electron chi connectivity index (χ3n) is 1.54. The fraction of sp³-hybridized carbons (Fsp3) is 0.200. The van der Waals surface area contributed by atoms with Gasteiger partial charge in [0.2, 0.25) is 0 Å². The van der Waals surface area contributed by atoms with E-state index in [2.05, 4.69) is 36.6 Å². The van der Waals surface area contributed by atoms with Gasteiger partial charge in [0.1, 0.15) is 11.8 Å². The molecule has 1 aromatic carbocycles. The number of ether oxygens (including phenoxy) is 2. The number of hydrogen-bond donors (Lipinski definition) is 0. The van der Waals surface area contributed by atoms with Crippen LogP contribution in [0.3, 0.4) is 0 Å². The van der Waals surface area contributed by atoms with E-state index in [9.17, 15) is 4.79 Å². The highest BCUT2D eigenvalue weighted by Gasteiger charge is 2.06. The Morgan fingerprint density at radius 3 is 2.81 bits per heavy atom. The minimum atomic E-state index is -0.573. The molecule has 0 saturated heterocycles. The number of carbonyl (C=O) groups is 1. The summed E-state index contributed by atoms with van der Waals surface area (Å²) in [5, 5.41) is 8.19. The first-order valence-electron chi connectivity index (χ1n) is 4.24. The Morgan fingerprint density at radius 1 is 1.44 bits per heavy atom. The third-order valence-corrected chi connectivity index (χ3v) is 2.65. The predicted octanol–water partition coefficient (Wildman–Crippen LogP) is 2.66. The molecule has 0 N–H and O–H groups in total. The summed E-state index contributed by atoms with van der Waals surface area (Å²) < 4.78 is 11.4. The van der Waals surface area contributed by atoms with Gasteiger partial charge in [-0.05, 0) is 34.1 Å². The zero-order chi connectivity index (χ0) is 12.0. The summed E-state index contributed by atoms with van der Waals surface area (Å²) in [5.41, 5.74) is 0. The quantitative estimate of drug-likeness (QED) is 0.785. The summed E-state index contributed by atoms with van der Waals surface area (Å²) in [6, 6.07) is 7.01. The van der Waals surface area contributed by atoms with E-state index < -0.39 is 5.97 Å². The molecule has 4 nitrogen and oxygen atoms in total. The molecule has 0 saturated carbocycles. The summed E-state index contributed by atoms with van der Waals surface area (Å²) in [7, 11) is 0. The van der Waals surface area contributed by atoms with Crippen molar-refractivity contribution in [2.24, 2.45) is 0 Å². The number of esters is 1. The van der Waals surface area contributed by atoms with E-state index in [0.29, 0.717) is 5.75 Å². The minimum Gasteiger partial charge on any atom is -0.481 e. The average Bonchev–Trinajstić information content (AvgIpc) is 2.25. The molecule has 0 unspecified atom stereocenters. The Morgan fingerprint density at radius 2 is 2.19 bits per heavy atom. The summed E-state index contributed by atoms with van der Waals surface area (Å²) >= 11 is 6.59. The molecule has 0 radical (unpaired) electrons. The van der Waals surface area contributed by atoms with Crippen LogP contribution in [0.25, 0.3) is 0 Å². The Balaban J connectivity index is 2.49. The molecule has 1 rings (SSSR count). The van der Waals surface area contributed by atoms with Gasteiger partial charge in [0.15, 0.2) is 13.2 Å². The SMILES string of the molecule is N#CCOC(=O)COc1ccc(Br)cc1Br. The normalized spacial score (nSPS) is 9.31. The molecule has 0 atom stereocenters. The number of carbonyl (C=O) groups excluding carboxylic acids is 1. The lowest BCUT2D eigenvalue weighted by Crippen LogP contribution is -2.15. The number of hydrogen-bond acceptors (Lipinski definition) is 4. The molecule has 0 aliphatic rings. The van der Waals surface area contributed by atoms with Gasteiger partial charge in [-0.3, -0.25) is 0 Å². The summed E-state index contributed by atoms with van der Waals surface area (Å²) in [5.74, 6) is -0.0338. The molecule has 0 aliphatic carbocycles. The number of nitriles is 1. The molecule has 0 aromatic heterocycles. The monoisotopic (exact) mass is 347 g/mol. The molecule has 0 bridgehead atoms. The van der Waals surface area contributed by atoms with Gasteiger partial charge in [-0.1, -0.05) is 15.9 Å². The van der Waals surface area contributed by atoms with Gasteiger partial charge in [-0.15, -0.1) is 0 Å². The van der Waals surface area contributed by atoms with Crippen molar-refractivity contribution in [2.45, 2.75) is 0 Å². The molecule has 0 heterocycles. The zero-order valence-electron chi connectivity index (χ0n) is 8.07. The van der Waals surface area contributed by atoms with Crippen molar-refractivity contribution >= 4 is 37.8 Å². The summed E-state index contributed by atoms with van der Waals surface area (Å²) in [6.07, 6.45) is 0. The van der Waals surface area contributed by atoms with E-state index in [1.165, 1.54) is 0 Å². The molecular weight excluding hydrogens is 342 g/mol. The van der Waals surface area contributed by atoms with Gasteiger partial charge < -0.3 is 9.47 Å². The van der Waals surface area contributed by atoms with E-state index in [0.717, 1.165) is 8.95 Å². The Bertz CT molecular complexity index is 429. The molecule has 0 aliphatic heterocycles. The van der Waals surface area contributed by atoms with Crippen LogP contribution in [0.2, 0.25) is 0 Å². The molecule has 0 fully saturated rings. The maximum absolute atomic E-state index is 11.0.